The Morgan fingerprint density at radius 3 is 1.76 bits per heavy atom. The number of hydrogen-bond acceptors (Lipinski definition) is 7. The van der Waals surface area contributed by atoms with Crippen molar-refractivity contribution in [2.45, 2.75) is 77.2 Å². The van der Waals surface area contributed by atoms with Crippen molar-refractivity contribution in [1.82, 2.24) is 9.80 Å². The van der Waals surface area contributed by atoms with E-state index in [1.165, 1.54) is 12.8 Å². The molecule has 10 heteroatoms. The van der Waals surface area contributed by atoms with Crippen LogP contribution in [0.15, 0.2) is 36.4 Å². The number of carbonyl (C=O) groups is 4. The second-order valence-electron chi connectivity index (χ2n) is 11.5. The monoisotopic (exact) mass is 585 g/mol. The van der Waals surface area contributed by atoms with Crippen LogP contribution in [-0.2, 0) is 19.2 Å². The Morgan fingerprint density at radius 2 is 1.31 bits per heavy atom. The molecule has 1 atom stereocenters. The lowest BCUT2D eigenvalue weighted by Crippen LogP contribution is -2.55. The summed E-state index contributed by atoms with van der Waals surface area (Å²) >= 11 is 0. The van der Waals surface area contributed by atoms with Gasteiger partial charge in [-0.25, -0.2) is 9.59 Å². The molecular weight excluding hydrogens is 538 g/mol. The molecule has 0 bridgehead atoms. The maximum absolute atomic E-state index is 13.6. The number of hydrogen-bond donors (Lipinski definition) is 2. The molecule has 3 fully saturated rings. The molecule has 1 aliphatic heterocycles. The van der Waals surface area contributed by atoms with Gasteiger partial charge >= 0.3 is 11.9 Å². The number of carboxylic acids is 2. The molecular formula is C32H47N3O7. The summed E-state index contributed by atoms with van der Waals surface area (Å²) in [5.41, 5.74) is 1.14. The van der Waals surface area contributed by atoms with Crippen molar-refractivity contribution >= 4 is 29.4 Å². The minimum Gasteiger partial charge on any atom is -0.495 e. The number of carbonyl (C=O) groups excluding carboxylic acids is 2. The predicted molar refractivity (Wildman–Crippen MR) is 161 cm³/mol. The van der Waals surface area contributed by atoms with Gasteiger partial charge in [0, 0.05) is 62.8 Å². The smallest absolute Gasteiger partial charge is 0.328 e. The zero-order valence-corrected chi connectivity index (χ0v) is 25.1. The molecule has 0 aromatic heterocycles. The van der Waals surface area contributed by atoms with Gasteiger partial charge in [0.25, 0.3) is 0 Å². The summed E-state index contributed by atoms with van der Waals surface area (Å²) in [6.07, 6.45) is 11.8. The number of carboxylic acid groups (broad SMARTS) is 2. The lowest BCUT2D eigenvalue weighted by molar-refractivity contribution is -0.154. The highest BCUT2D eigenvalue weighted by molar-refractivity contribution is 5.98. The van der Waals surface area contributed by atoms with Gasteiger partial charge in [0.15, 0.2) is 0 Å². The highest BCUT2D eigenvalue weighted by Crippen LogP contribution is 2.31. The van der Waals surface area contributed by atoms with Gasteiger partial charge in [-0.2, -0.15) is 0 Å². The van der Waals surface area contributed by atoms with Gasteiger partial charge in [-0.1, -0.05) is 50.7 Å². The average Bonchev–Trinajstić information content (AvgIpc) is 3.01. The van der Waals surface area contributed by atoms with E-state index >= 15 is 0 Å². The fourth-order valence-electron chi connectivity index (χ4n) is 6.30. The first-order valence-corrected chi connectivity index (χ1v) is 15.3. The van der Waals surface area contributed by atoms with Crippen molar-refractivity contribution in [1.29, 1.82) is 0 Å². The van der Waals surface area contributed by atoms with Gasteiger partial charge < -0.3 is 19.8 Å². The quantitative estimate of drug-likeness (QED) is 0.319. The zero-order valence-electron chi connectivity index (χ0n) is 25.1. The SMILES string of the molecule is COc1ccccc1N1CCN(C[C@@H](C)N(C(=O)C2CCCCC2)C(=O)C2CCCCC2)CC1.O=C(O)/C=C/C(=O)O. The number of ether oxygens (including phenoxy) is 1. The highest BCUT2D eigenvalue weighted by atomic mass is 16.5. The number of piperazine rings is 1. The summed E-state index contributed by atoms with van der Waals surface area (Å²) in [5, 5.41) is 15.6. The molecule has 4 rings (SSSR count). The Balaban J connectivity index is 0.000000531. The van der Waals surface area contributed by atoms with Crippen LogP contribution in [0.5, 0.6) is 5.75 Å². The summed E-state index contributed by atoms with van der Waals surface area (Å²) in [4.78, 5) is 52.9. The van der Waals surface area contributed by atoms with Gasteiger partial charge in [-0.15, -0.1) is 0 Å². The molecule has 1 heterocycles. The first-order chi connectivity index (χ1) is 20.2. The number of anilines is 1. The topological polar surface area (TPSA) is 128 Å². The number of amides is 2. The Labute approximate surface area is 249 Å². The summed E-state index contributed by atoms with van der Waals surface area (Å²) in [6, 6.07) is 8.10. The fraction of sp³-hybridized carbons (Fsp3) is 0.625. The Kier molecular flexibility index (Phi) is 13.3. The van der Waals surface area contributed by atoms with Crippen LogP contribution >= 0.6 is 0 Å². The van der Waals surface area contributed by atoms with Crippen LogP contribution in [0.2, 0.25) is 0 Å². The van der Waals surface area contributed by atoms with Crippen LogP contribution in [0.3, 0.4) is 0 Å². The minimum atomic E-state index is -1.26. The van der Waals surface area contributed by atoms with Crippen molar-refractivity contribution in [3.05, 3.63) is 36.4 Å². The molecule has 0 unspecified atom stereocenters. The number of para-hydroxylation sites is 2. The number of imide groups is 1. The summed E-state index contributed by atoms with van der Waals surface area (Å²) in [5.74, 6) is -1.32. The maximum atomic E-state index is 13.6. The number of aliphatic carboxylic acids is 2. The maximum Gasteiger partial charge on any atom is 0.328 e. The zero-order chi connectivity index (χ0) is 30.5. The summed E-state index contributed by atoms with van der Waals surface area (Å²) in [7, 11) is 1.72. The van der Waals surface area contributed by atoms with Gasteiger partial charge in [0.2, 0.25) is 11.8 Å². The lowest BCUT2D eigenvalue weighted by Gasteiger charge is -2.40. The molecule has 3 aliphatic rings. The van der Waals surface area contributed by atoms with Crippen LogP contribution in [0.25, 0.3) is 0 Å². The summed E-state index contributed by atoms with van der Waals surface area (Å²) < 4.78 is 5.55. The molecule has 232 valence electrons. The van der Waals surface area contributed by atoms with E-state index in [-0.39, 0.29) is 29.7 Å². The van der Waals surface area contributed by atoms with E-state index < -0.39 is 11.9 Å². The van der Waals surface area contributed by atoms with Gasteiger partial charge in [0.1, 0.15) is 5.75 Å². The second-order valence-corrected chi connectivity index (χ2v) is 11.5. The number of rotatable bonds is 9. The molecule has 2 saturated carbocycles. The molecule has 1 aromatic carbocycles. The van der Waals surface area contributed by atoms with Crippen molar-refractivity contribution in [2.24, 2.45) is 11.8 Å². The van der Waals surface area contributed by atoms with E-state index in [1.807, 2.05) is 12.1 Å². The van der Waals surface area contributed by atoms with E-state index in [9.17, 15) is 19.2 Å². The van der Waals surface area contributed by atoms with E-state index in [0.29, 0.717) is 12.2 Å². The molecule has 1 saturated heterocycles. The summed E-state index contributed by atoms with van der Waals surface area (Å²) in [6.45, 7) is 6.53. The van der Waals surface area contributed by atoms with Crippen LogP contribution in [0.1, 0.15) is 71.1 Å². The predicted octanol–water partition coefficient (Wildman–Crippen LogP) is 4.43. The first-order valence-electron chi connectivity index (χ1n) is 15.3. The van der Waals surface area contributed by atoms with Crippen molar-refractivity contribution in [3.63, 3.8) is 0 Å². The molecule has 10 nitrogen and oxygen atoms in total. The number of methoxy groups -OCH3 is 1. The molecule has 0 radical (unpaired) electrons. The van der Waals surface area contributed by atoms with Gasteiger partial charge in [-0.3, -0.25) is 19.4 Å². The molecule has 42 heavy (non-hydrogen) atoms. The third-order valence-electron chi connectivity index (χ3n) is 8.51. The van der Waals surface area contributed by atoms with Gasteiger partial charge in [-0.05, 0) is 44.7 Å². The van der Waals surface area contributed by atoms with Crippen LogP contribution in [0, 0.1) is 11.8 Å². The molecule has 2 amide bonds. The second kappa shape index (κ2) is 16.9. The van der Waals surface area contributed by atoms with E-state index in [4.69, 9.17) is 14.9 Å². The molecule has 2 N–H and O–H groups in total. The Bertz CT molecular complexity index is 1030. The Morgan fingerprint density at radius 1 is 0.833 bits per heavy atom. The number of benzene rings is 1. The third kappa shape index (κ3) is 9.86. The van der Waals surface area contributed by atoms with Crippen LogP contribution in [0.4, 0.5) is 5.69 Å². The number of nitrogens with zero attached hydrogens (tertiary/aromatic N) is 3. The van der Waals surface area contributed by atoms with E-state index in [0.717, 1.165) is 95.5 Å². The minimum absolute atomic E-state index is 0.0335. The first kappa shape index (κ1) is 33.1. The lowest BCUT2D eigenvalue weighted by atomic mass is 9.85. The van der Waals surface area contributed by atoms with E-state index in [1.54, 1.807) is 12.0 Å². The van der Waals surface area contributed by atoms with Crippen LogP contribution in [-0.4, -0.2) is 89.6 Å². The van der Waals surface area contributed by atoms with Crippen molar-refractivity contribution in [3.8, 4) is 5.75 Å². The largest absolute Gasteiger partial charge is 0.495 e. The molecule has 1 aromatic rings. The van der Waals surface area contributed by atoms with Gasteiger partial charge in [0.05, 0.1) is 12.8 Å². The normalized spacial score (nSPS) is 19.4. The van der Waals surface area contributed by atoms with Crippen LogP contribution < -0.4 is 9.64 Å². The average molecular weight is 586 g/mol. The Hall–Kier alpha value is -3.40. The van der Waals surface area contributed by atoms with E-state index in [2.05, 4.69) is 28.9 Å². The van der Waals surface area contributed by atoms with Crippen molar-refractivity contribution < 1.29 is 34.1 Å². The standard InChI is InChI=1S/C28H43N3O3.C4H4O4/c1-22(21-29-17-19-30(20-18-29)25-15-9-10-16-26(25)34-2)31(27(32)23-11-5-3-6-12-23)28(33)24-13-7-4-8-14-24;5-3(6)1-2-4(7)8/h9-10,15-16,22-24H,3-8,11-14,17-21H2,1-2H3;1-2H,(H,5,6)(H,7,8)/b;2-1+/t22-;/m1./s1. The van der Waals surface area contributed by atoms with Crippen molar-refractivity contribution in [2.75, 3.05) is 44.7 Å². The third-order valence-corrected chi connectivity index (χ3v) is 8.51. The fourth-order valence-corrected chi connectivity index (χ4v) is 6.30. The molecule has 2 aliphatic carbocycles. The molecule has 0 spiro atoms. The highest BCUT2D eigenvalue weighted by Gasteiger charge is 2.37.